The van der Waals surface area contributed by atoms with Gasteiger partial charge in [-0.25, -0.2) is 0 Å². The molecule has 1 unspecified atom stereocenters. The minimum atomic E-state index is -0.303. The summed E-state index contributed by atoms with van der Waals surface area (Å²) in [4.78, 5) is 11.8. The number of nitrogens with zero attached hydrogens (tertiary/aromatic N) is 1. The molecule has 2 N–H and O–H groups in total. The van der Waals surface area contributed by atoms with Crippen molar-refractivity contribution in [3.05, 3.63) is 48.3 Å². The van der Waals surface area contributed by atoms with Crippen LogP contribution in [-0.2, 0) is 11.3 Å². The van der Waals surface area contributed by atoms with E-state index in [0.717, 1.165) is 5.52 Å². The molecule has 92 valence electrons. The van der Waals surface area contributed by atoms with E-state index < -0.39 is 0 Å². The van der Waals surface area contributed by atoms with Crippen LogP contribution in [0.3, 0.4) is 0 Å². The van der Waals surface area contributed by atoms with Crippen molar-refractivity contribution in [1.82, 2.24) is 15.2 Å². The molecule has 1 aliphatic heterocycles. The van der Waals surface area contributed by atoms with E-state index in [1.165, 1.54) is 5.39 Å². The van der Waals surface area contributed by atoms with Gasteiger partial charge in [0, 0.05) is 17.9 Å². The monoisotopic (exact) mass is 259 g/mol. The first kappa shape index (κ1) is 11.2. The number of amides is 1. The molecule has 0 radical (unpaired) electrons. The Hall–Kier alpha value is -1.88. The molecule has 1 aromatic heterocycles. The number of benzene rings is 1. The summed E-state index contributed by atoms with van der Waals surface area (Å²) in [5, 5.41) is 6.88. The summed E-state index contributed by atoms with van der Waals surface area (Å²) in [5.74, 6) is -0.0773. The van der Waals surface area contributed by atoms with Crippen molar-refractivity contribution in [2.45, 2.75) is 12.0 Å². The van der Waals surface area contributed by atoms with Crippen LogP contribution in [0, 0.1) is 0 Å². The molecule has 0 spiro atoms. The van der Waals surface area contributed by atoms with E-state index >= 15 is 0 Å². The predicted molar refractivity (Wildman–Crippen MR) is 74.1 cm³/mol. The second-order valence-electron chi connectivity index (χ2n) is 4.21. The van der Waals surface area contributed by atoms with Gasteiger partial charge < -0.3 is 15.2 Å². The molecule has 5 heteroatoms. The van der Waals surface area contributed by atoms with Gasteiger partial charge in [0.05, 0.1) is 12.1 Å². The van der Waals surface area contributed by atoms with Crippen LogP contribution in [0.15, 0.2) is 48.3 Å². The lowest BCUT2D eigenvalue weighted by molar-refractivity contribution is -0.118. The fourth-order valence-electron chi connectivity index (χ4n) is 2.08. The highest BCUT2D eigenvalue weighted by atomic mass is 32.1. The van der Waals surface area contributed by atoms with Crippen molar-refractivity contribution in [2.75, 3.05) is 0 Å². The molecule has 1 aromatic carbocycles. The Morgan fingerprint density at radius 2 is 2.11 bits per heavy atom. The standard InChI is InChI=1S/C13H13N3OS/c17-12-10(7-14-13(18)15-12)8-16-6-5-9-3-1-2-4-11(9)16/h1-7,13-14,18H,8H2,(H,15,17). The van der Waals surface area contributed by atoms with Crippen LogP contribution in [0.5, 0.6) is 0 Å². The number of carbonyl (C=O) groups excluding carboxylic acids is 1. The second kappa shape index (κ2) is 4.42. The number of hydrogen-bond donors (Lipinski definition) is 3. The van der Waals surface area contributed by atoms with E-state index in [0.29, 0.717) is 12.1 Å². The van der Waals surface area contributed by atoms with Crippen LogP contribution >= 0.6 is 12.6 Å². The summed E-state index contributed by atoms with van der Waals surface area (Å²) in [7, 11) is 0. The molecule has 4 nitrogen and oxygen atoms in total. The van der Waals surface area contributed by atoms with Crippen LogP contribution in [-0.4, -0.2) is 16.0 Å². The van der Waals surface area contributed by atoms with Crippen molar-refractivity contribution in [3.8, 4) is 0 Å². The number of hydrogen-bond acceptors (Lipinski definition) is 3. The van der Waals surface area contributed by atoms with Gasteiger partial charge in [-0.1, -0.05) is 18.2 Å². The van der Waals surface area contributed by atoms with Crippen LogP contribution in [0.2, 0.25) is 0 Å². The van der Waals surface area contributed by atoms with E-state index in [-0.39, 0.29) is 11.4 Å². The van der Waals surface area contributed by atoms with Gasteiger partial charge in [0.2, 0.25) is 0 Å². The largest absolute Gasteiger partial charge is 0.363 e. The number of thiol groups is 1. The fourth-order valence-corrected chi connectivity index (χ4v) is 2.27. The zero-order valence-corrected chi connectivity index (χ0v) is 10.5. The zero-order valence-electron chi connectivity index (χ0n) is 9.63. The molecule has 2 aromatic rings. The van der Waals surface area contributed by atoms with E-state index in [4.69, 9.17) is 0 Å². The summed E-state index contributed by atoms with van der Waals surface area (Å²) in [6, 6.07) is 10.2. The average molecular weight is 259 g/mol. The first-order valence-electron chi connectivity index (χ1n) is 5.72. The molecule has 0 saturated heterocycles. The molecule has 1 atom stereocenters. The molecule has 18 heavy (non-hydrogen) atoms. The Bertz CT molecular complexity index is 632. The van der Waals surface area contributed by atoms with Gasteiger partial charge in [0.1, 0.15) is 5.50 Å². The van der Waals surface area contributed by atoms with Crippen LogP contribution in [0.4, 0.5) is 0 Å². The number of nitrogens with one attached hydrogen (secondary N) is 2. The lowest BCUT2D eigenvalue weighted by atomic mass is 10.2. The predicted octanol–water partition coefficient (Wildman–Crippen LogP) is 1.46. The third kappa shape index (κ3) is 1.97. The summed E-state index contributed by atoms with van der Waals surface area (Å²) in [5.41, 5.74) is 1.52. The molecule has 3 rings (SSSR count). The number of para-hydroxylation sites is 1. The van der Waals surface area contributed by atoms with Gasteiger partial charge in [-0.3, -0.25) is 4.79 Å². The molecule has 2 heterocycles. The van der Waals surface area contributed by atoms with Gasteiger partial charge >= 0.3 is 0 Å². The lowest BCUT2D eigenvalue weighted by Crippen LogP contribution is -2.45. The minimum absolute atomic E-state index is 0.0773. The normalized spacial score (nSPS) is 19.3. The first-order valence-corrected chi connectivity index (χ1v) is 6.23. The quantitative estimate of drug-likeness (QED) is 0.715. The Morgan fingerprint density at radius 1 is 1.28 bits per heavy atom. The molecule has 0 fully saturated rings. The highest BCUT2D eigenvalue weighted by molar-refractivity contribution is 7.80. The second-order valence-corrected chi connectivity index (χ2v) is 4.73. The molecular weight excluding hydrogens is 246 g/mol. The van der Waals surface area contributed by atoms with Crippen molar-refractivity contribution in [2.24, 2.45) is 0 Å². The first-order chi connectivity index (χ1) is 8.74. The van der Waals surface area contributed by atoms with Crippen LogP contribution < -0.4 is 10.6 Å². The topological polar surface area (TPSA) is 46.1 Å². The summed E-state index contributed by atoms with van der Waals surface area (Å²) >= 11 is 4.14. The van der Waals surface area contributed by atoms with Crippen molar-refractivity contribution < 1.29 is 4.79 Å². The average Bonchev–Trinajstić information content (AvgIpc) is 2.76. The minimum Gasteiger partial charge on any atom is -0.363 e. The number of aromatic nitrogens is 1. The van der Waals surface area contributed by atoms with Crippen molar-refractivity contribution >= 4 is 29.4 Å². The van der Waals surface area contributed by atoms with Crippen LogP contribution in [0.1, 0.15) is 0 Å². The highest BCUT2D eigenvalue weighted by Gasteiger charge is 2.18. The van der Waals surface area contributed by atoms with Gasteiger partial charge in [-0.05, 0) is 17.5 Å². The molecule has 0 saturated carbocycles. The Labute approximate surface area is 110 Å². The molecule has 0 aliphatic carbocycles. The van der Waals surface area contributed by atoms with Gasteiger partial charge in [0.25, 0.3) is 5.91 Å². The molecule has 1 aliphatic rings. The lowest BCUT2D eigenvalue weighted by Gasteiger charge is -2.21. The molecule has 1 amide bonds. The number of carbonyl (C=O) groups is 1. The Kier molecular flexibility index (Phi) is 2.76. The van der Waals surface area contributed by atoms with Crippen molar-refractivity contribution in [1.29, 1.82) is 0 Å². The van der Waals surface area contributed by atoms with Crippen molar-refractivity contribution in [3.63, 3.8) is 0 Å². The van der Waals surface area contributed by atoms with Gasteiger partial charge in [0.15, 0.2) is 0 Å². The summed E-state index contributed by atoms with van der Waals surface area (Å²) < 4.78 is 2.06. The van der Waals surface area contributed by atoms with E-state index in [9.17, 15) is 4.79 Å². The maximum Gasteiger partial charge on any atom is 0.252 e. The summed E-state index contributed by atoms with van der Waals surface area (Å²) in [6.07, 6.45) is 3.72. The maximum absolute atomic E-state index is 11.8. The third-order valence-corrected chi connectivity index (χ3v) is 3.27. The fraction of sp³-hybridized carbons (Fsp3) is 0.154. The third-order valence-electron chi connectivity index (χ3n) is 3.00. The maximum atomic E-state index is 11.8. The number of rotatable bonds is 2. The van der Waals surface area contributed by atoms with E-state index in [1.807, 2.05) is 30.5 Å². The summed E-state index contributed by atoms with van der Waals surface area (Å²) in [6.45, 7) is 0.548. The molecule has 0 bridgehead atoms. The highest BCUT2D eigenvalue weighted by Crippen LogP contribution is 2.17. The number of fused-ring (bicyclic) bond motifs is 1. The smallest absolute Gasteiger partial charge is 0.252 e. The van der Waals surface area contributed by atoms with E-state index in [1.54, 1.807) is 6.20 Å². The van der Waals surface area contributed by atoms with Gasteiger partial charge in [-0.15, -0.1) is 12.6 Å². The Balaban J connectivity index is 1.91. The van der Waals surface area contributed by atoms with E-state index in [2.05, 4.69) is 33.9 Å². The molecular formula is C13H13N3OS. The SMILES string of the molecule is O=C1NC(S)NC=C1Cn1ccc2ccccc21. The Morgan fingerprint density at radius 3 is 2.94 bits per heavy atom. The van der Waals surface area contributed by atoms with Crippen LogP contribution in [0.25, 0.3) is 10.9 Å². The van der Waals surface area contributed by atoms with Gasteiger partial charge in [-0.2, -0.15) is 0 Å². The zero-order chi connectivity index (χ0) is 12.5.